The van der Waals surface area contributed by atoms with Gasteiger partial charge in [-0.25, -0.2) is 0 Å². The molecule has 24 heavy (non-hydrogen) atoms. The summed E-state index contributed by atoms with van der Waals surface area (Å²) in [6.07, 6.45) is 0.512. The second kappa shape index (κ2) is 7.08. The quantitative estimate of drug-likeness (QED) is 0.783. The van der Waals surface area contributed by atoms with E-state index in [0.717, 1.165) is 11.1 Å². The lowest BCUT2D eigenvalue weighted by Gasteiger charge is -2.03. The van der Waals surface area contributed by atoms with Crippen LogP contribution in [0.25, 0.3) is 0 Å². The zero-order chi connectivity index (χ0) is 16.9. The third kappa shape index (κ3) is 4.07. The van der Waals surface area contributed by atoms with Crippen molar-refractivity contribution in [2.24, 2.45) is 0 Å². The first kappa shape index (κ1) is 15.9. The lowest BCUT2D eigenvalue weighted by molar-refractivity contribution is 0.0914. The van der Waals surface area contributed by atoms with Crippen molar-refractivity contribution < 1.29 is 9.21 Å². The normalized spacial score (nSPS) is 10.6. The van der Waals surface area contributed by atoms with Crippen molar-refractivity contribution in [3.8, 4) is 0 Å². The van der Waals surface area contributed by atoms with Crippen LogP contribution in [0.5, 0.6) is 0 Å². The first-order valence-electron chi connectivity index (χ1n) is 7.82. The number of nitrogens with one attached hydrogen (secondary N) is 1. The molecule has 2 aromatic carbocycles. The summed E-state index contributed by atoms with van der Waals surface area (Å²) >= 11 is 0. The van der Waals surface area contributed by atoms with Crippen LogP contribution in [-0.2, 0) is 13.0 Å². The number of carbonyl (C=O) groups is 1. The van der Waals surface area contributed by atoms with Gasteiger partial charge in [0.25, 0.3) is 0 Å². The summed E-state index contributed by atoms with van der Waals surface area (Å²) in [4.78, 5) is 12.1. The standard InChI is InChI=1S/C19H19N3O2/c1-13-3-7-15(8-4-13)11-17-21-22-19(24-17)18(23)20-12-16-9-5-14(2)6-10-16/h3-10H,11-12H2,1-2H3,(H,20,23). The zero-order valence-corrected chi connectivity index (χ0v) is 13.7. The molecule has 0 aliphatic carbocycles. The molecule has 0 unspecified atom stereocenters. The van der Waals surface area contributed by atoms with Gasteiger partial charge in [0, 0.05) is 6.54 Å². The van der Waals surface area contributed by atoms with Crippen LogP contribution in [0.4, 0.5) is 0 Å². The number of rotatable bonds is 5. The third-order valence-corrected chi connectivity index (χ3v) is 3.71. The van der Waals surface area contributed by atoms with Crippen LogP contribution in [0, 0.1) is 13.8 Å². The average molecular weight is 321 g/mol. The molecule has 1 N–H and O–H groups in total. The van der Waals surface area contributed by atoms with Gasteiger partial charge in [-0.3, -0.25) is 4.79 Å². The Morgan fingerprint density at radius 2 is 1.50 bits per heavy atom. The molecule has 3 rings (SSSR count). The van der Waals surface area contributed by atoms with Gasteiger partial charge in [-0.05, 0) is 25.0 Å². The molecule has 0 radical (unpaired) electrons. The van der Waals surface area contributed by atoms with Crippen molar-refractivity contribution >= 4 is 5.91 Å². The molecular formula is C19H19N3O2. The average Bonchev–Trinajstić information content (AvgIpc) is 3.05. The maximum absolute atomic E-state index is 12.1. The molecule has 122 valence electrons. The van der Waals surface area contributed by atoms with Crippen LogP contribution in [-0.4, -0.2) is 16.1 Å². The van der Waals surface area contributed by atoms with Crippen LogP contribution in [0.15, 0.2) is 52.9 Å². The summed E-state index contributed by atoms with van der Waals surface area (Å²) in [6, 6.07) is 16.1. The third-order valence-electron chi connectivity index (χ3n) is 3.71. The summed E-state index contributed by atoms with van der Waals surface area (Å²) in [5.41, 5.74) is 4.47. The highest BCUT2D eigenvalue weighted by atomic mass is 16.4. The Hall–Kier alpha value is -2.95. The Kier molecular flexibility index (Phi) is 4.70. The topological polar surface area (TPSA) is 68.0 Å². The van der Waals surface area contributed by atoms with Gasteiger partial charge in [-0.15, -0.1) is 10.2 Å². The SMILES string of the molecule is Cc1ccc(CNC(=O)c2nnc(Cc3ccc(C)cc3)o2)cc1. The van der Waals surface area contributed by atoms with E-state index in [1.54, 1.807) is 0 Å². The molecule has 0 aliphatic heterocycles. The van der Waals surface area contributed by atoms with E-state index < -0.39 is 0 Å². The fraction of sp³-hybridized carbons (Fsp3) is 0.211. The predicted molar refractivity (Wildman–Crippen MR) is 90.6 cm³/mol. The summed E-state index contributed by atoms with van der Waals surface area (Å²) in [7, 11) is 0. The molecule has 1 aromatic heterocycles. The minimum absolute atomic E-state index is 0.00998. The second-order valence-corrected chi connectivity index (χ2v) is 5.83. The summed E-state index contributed by atoms with van der Waals surface area (Å²) in [6.45, 7) is 4.48. The van der Waals surface area contributed by atoms with Crippen LogP contribution in [0.3, 0.4) is 0 Å². The summed E-state index contributed by atoms with van der Waals surface area (Å²) in [5, 5.41) is 10.6. The maximum Gasteiger partial charge on any atom is 0.309 e. The lowest BCUT2D eigenvalue weighted by Crippen LogP contribution is -2.23. The number of hydrogen-bond acceptors (Lipinski definition) is 4. The highest BCUT2D eigenvalue weighted by molar-refractivity contribution is 5.89. The molecule has 5 nitrogen and oxygen atoms in total. The van der Waals surface area contributed by atoms with E-state index in [9.17, 15) is 4.79 Å². The minimum Gasteiger partial charge on any atom is -0.417 e. The van der Waals surface area contributed by atoms with E-state index in [-0.39, 0.29) is 11.8 Å². The van der Waals surface area contributed by atoms with Crippen molar-refractivity contribution in [2.75, 3.05) is 0 Å². The van der Waals surface area contributed by atoms with Crippen LogP contribution in [0.1, 0.15) is 38.8 Å². The molecule has 1 amide bonds. The van der Waals surface area contributed by atoms with Crippen molar-refractivity contribution in [3.63, 3.8) is 0 Å². The van der Waals surface area contributed by atoms with E-state index in [2.05, 4.69) is 15.5 Å². The summed E-state index contributed by atoms with van der Waals surface area (Å²) in [5.74, 6) is 0.0572. The first-order valence-corrected chi connectivity index (χ1v) is 7.82. The number of amides is 1. The van der Waals surface area contributed by atoms with Crippen LogP contribution in [0.2, 0.25) is 0 Å². The van der Waals surface area contributed by atoms with Gasteiger partial charge in [-0.1, -0.05) is 59.7 Å². The largest absolute Gasteiger partial charge is 0.417 e. The van der Waals surface area contributed by atoms with Gasteiger partial charge < -0.3 is 9.73 Å². The Balaban J connectivity index is 1.59. The highest BCUT2D eigenvalue weighted by Crippen LogP contribution is 2.10. The number of hydrogen-bond donors (Lipinski definition) is 1. The maximum atomic E-state index is 12.1. The first-order chi connectivity index (χ1) is 11.6. The molecular weight excluding hydrogens is 302 g/mol. The van der Waals surface area contributed by atoms with Crippen LogP contribution < -0.4 is 5.32 Å². The van der Waals surface area contributed by atoms with E-state index in [0.29, 0.717) is 18.9 Å². The van der Waals surface area contributed by atoms with Gasteiger partial charge in [0.1, 0.15) is 0 Å². The number of aryl methyl sites for hydroxylation is 2. The minimum atomic E-state index is -0.363. The highest BCUT2D eigenvalue weighted by Gasteiger charge is 2.14. The fourth-order valence-electron chi connectivity index (χ4n) is 2.26. The molecule has 0 bridgehead atoms. The van der Waals surface area contributed by atoms with Gasteiger partial charge in [-0.2, -0.15) is 0 Å². The molecule has 0 saturated carbocycles. The molecule has 5 heteroatoms. The molecule has 0 aliphatic rings. The van der Waals surface area contributed by atoms with Crippen molar-refractivity contribution in [1.29, 1.82) is 0 Å². The fourth-order valence-corrected chi connectivity index (χ4v) is 2.26. The molecule has 0 atom stereocenters. The molecule has 3 aromatic rings. The Bertz CT molecular complexity index is 821. The van der Waals surface area contributed by atoms with Gasteiger partial charge in [0.2, 0.25) is 5.89 Å². The molecule has 0 saturated heterocycles. The second-order valence-electron chi connectivity index (χ2n) is 5.83. The molecule has 0 spiro atoms. The lowest BCUT2D eigenvalue weighted by atomic mass is 10.1. The number of nitrogens with zero attached hydrogens (tertiary/aromatic N) is 2. The molecule has 0 fully saturated rings. The van der Waals surface area contributed by atoms with E-state index in [1.807, 2.05) is 62.4 Å². The predicted octanol–water partition coefficient (Wildman–Crippen LogP) is 3.21. The Labute approximate surface area is 140 Å². The number of aromatic nitrogens is 2. The number of benzene rings is 2. The van der Waals surface area contributed by atoms with E-state index in [1.165, 1.54) is 11.1 Å². The zero-order valence-electron chi connectivity index (χ0n) is 13.7. The van der Waals surface area contributed by atoms with Gasteiger partial charge >= 0.3 is 11.8 Å². The van der Waals surface area contributed by atoms with Crippen molar-refractivity contribution in [2.45, 2.75) is 26.8 Å². The van der Waals surface area contributed by atoms with Crippen molar-refractivity contribution in [3.05, 3.63) is 82.6 Å². The molecule has 1 heterocycles. The Morgan fingerprint density at radius 1 is 0.917 bits per heavy atom. The van der Waals surface area contributed by atoms with E-state index in [4.69, 9.17) is 4.42 Å². The van der Waals surface area contributed by atoms with Crippen LogP contribution >= 0.6 is 0 Å². The van der Waals surface area contributed by atoms with E-state index >= 15 is 0 Å². The Morgan fingerprint density at radius 3 is 2.12 bits per heavy atom. The summed E-state index contributed by atoms with van der Waals surface area (Å²) < 4.78 is 5.45. The van der Waals surface area contributed by atoms with Gasteiger partial charge in [0.05, 0.1) is 6.42 Å². The van der Waals surface area contributed by atoms with Crippen molar-refractivity contribution in [1.82, 2.24) is 15.5 Å². The number of carbonyl (C=O) groups excluding carboxylic acids is 1. The van der Waals surface area contributed by atoms with Gasteiger partial charge in [0.15, 0.2) is 0 Å². The smallest absolute Gasteiger partial charge is 0.309 e. The monoisotopic (exact) mass is 321 g/mol.